The quantitative estimate of drug-likeness (QED) is 0.833. The second-order valence-corrected chi connectivity index (χ2v) is 5.43. The van der Waals surface area contributed by atoms with Crippen LogP contribution in [0.3, 0.4) is 0 Å². The molecule has 0 aliphatic carbocycles. The molecule has 1 aromatic rings. The minimum Gasteiger partial charge on any atom is -0.314 e. The van der Waals surface area contributed by atoms with E-state index in [4.69, 9.17) is 11.6 Å². The monoisotopic (exact) mass is 257 g/mol. The van der Waals surface area contributed by atoms with E-state index >= 15 is 0 Å². The highest BCUT2D eigenvalue weighted by Gasteiger charge is 2.18. The van der Waals surface area contributed by atoms with Crippen LogP contribution in [0.2, 0.25) is 5.02 Å². The maximum atomic E-state index is 13.8. The molecule has 0 bridgehead atoms. The second kappa shape index (κ2) is 6.36. The summed E-state index contributed by atoms with van der Waals surface area (Å²) in [6, 6.07) is 5.38. The first-order chi connectivity index (χ1) is 7.91. The zero-order valence-corrected chi connectivity index (χ0v) is 11.7. The van der Waals surface area contributed by atoms with Crippen molar-refractivity contribution in [2.24, 2.45) is 5.92 Å². The zero-order chi connectivity index (χ0) is 13.0. The highest BCUT2D eigenvalue weighted by Crippen LogP contribution is 2.27. The molecule has 96 valence electrons. The van der Waals surface area contributed by atoms with Crippen LogP contribution >= 0.6 is 11.6 Å². The van der Waals surface area contributed by atoms with Gasteiger partial charge in [0.25, 0.3) is 0 Å². The Balaban J connectivity index is 2.71. The van der Waals surface area contributed by atoms with Crippen LogP contribution in [-0.4, -0.2) is 12.6 Å². The van der Waals surface area contributed by atoms with Crippen LogP contribution in [0.25, 0.3) is 0 Å². The summed E-state index contributed by atoms with van der Waals surface area (Å²) in [6.45, 7) is 9.30. The lowest BCUT2D eigenvalue weighted by atomic mass is 9.88. The molecule has 0 saturated heterocycles. The largest absolute Gasteiger partial charge is 0.314 e. The summed E-state index contributed by atoms with van der Waals surface area (Å²) in [7, 11) is 0. The minimum absolute atomic E-state index is 0.179. The van der Waals surface area contributed by atoms with Gasteiger partial charge in [0.15, 0.2) is 0 Å². The van der Waals surface area contributed by atoms with Crippen LogP contribution < -0.4 is 5.32 Å². The van der Waals surface area contributed by atoms with Crippen molar-refractivity contribution in [3.05, 3.63) is 34.6 Å². The zero-order valence-electron chi connectivity index (χ0n) is 10.9. The van der Waals surface area contributed by atoms with E-state index in [1.165, 1.54) is 6.07 Å². The van der Waals surface area contributed by atoms with Crippen molar-refractivity contribution < 1.29 is 4.39 Å². The molecule has 0 fully saturated rings. The van der Waals surface area contributed by atoms with Crippen molar-refractivity contribution >= 4 is 11.6 Å². The Labute approximate surface area is 108 Å². The lowest BCUT2D eigenvalue weighted by Crippen LogP contribution is -2.30. The summed E-state index contributed by atoms with van der Waals surface area (Å²) in [4.78, 5) is 0. The molecule has 0 heterocycles. The van der Waals surface area contributed by atoms with Gasteiger partial charge in [-0.1, -0.05) is 45.4 Å². The average Bonchev–Trinajstić information content (AvgIpc) is 2.25. The summed E-state index contributed by atoms with van der Waals surface area (Å²) < 4.78 is 13.8. The summed E-state index contributed by atoms with van der Waals surface area (Å²) in [6.07, 6.45) is 0. The molecule has 0 amide bonds. The van der Waals surface area contributed by atoms with E-state index in [9.17, 15) is 4.39 Å². The van der Waals surface area contributed by atoms with Crippen LogP contribution in [0.4, 0.5) is 4.39 Å². The van der Waals surface area contributed by atoms with Crippen molar-refractivity contribution in [2.45, 2.75) is 39.7 Å². The van der Waals surface area contributed by atoms with Gasteiger partial charge in [0.1, 0.15) is 5.82 Å². The first-order valence-corrected chi connectivity index (χ1v) is 6.48. The Hall–Kier alpha value is -0.600. The molecule has 0 spiro atoms. The van der Waals surface area contributed by atoms with Crippen LogP contribution in [0.15, 0.2) is 18.2 Å². The van der Waals surface area contributed by atoms with E-state index in [1.54, 1.807) is 12.1 Å². The molecule has 0 aliphatic rings. The highest BCUT2D eigenvalue weighted by molar-refractivity contribution is 6.30. The van der Waals surface area contributed by atoms with Crippen molar-refractivity contribution in [1.29, 1.82) is 0 Å². The molecule has 2 atom stereocenters. The van der Waals surface area contributed by atoms with E-state index in [2.05, 4.69) is 33.0 Å². The van der Waals surface area contributed by atoms with E-state index in [0.717, 1.165) is 12.1 Å². The summed E-state index contributed by atoms with van der Waals surface area (Å²) >= 11 is 5.75. The normalized spacial score (nSPS) is 15.0. The van der Waals surface area contributed by atoms with Crippen LogP contribution in [0.5, 0.6) is 0 Å². The summed E-state index contributed by atoms with van der Waals surface area (Å²) in [5.74, 6) is 0.355. The third-order valence-corrected chi connectivity index (χ3v) is 3.39. The molecule has 0 aliphatic heterocycles. The predicted molar refractivity (Wildman–Crippen MR) is 72.1 cm³/mol. The van der Waals surface area contributed by atoms with Gasteiger partial charge in [-0.15, -0.1) is 0 Å². The van der Waals surface area contributed by atoms with E-state index in [-0.39, 0.29) is 11.7 Å². The van der Waals surface area contributed by atoms with Gasteiger partial charge in [0, 0.05) is 11.1 Å². The summed E-state index contributed by atoms with van der Waals surface area (Å²) in [5, 5.41) is 3.83. The van der Waals surface area contributed by atoms with Crippen molar-refractivity contribution in [2.75, 3.05) is 6.54 Å². The fraction of sp³-hybridized carbons (Fsp3) is 0.571. The fourth-order valence-electron chi connectivity index (χ4n) is 1.78. The Morgan fingerprint density at radius 3 is 2.41 bits per heavy atom. The highest BCUT2D eigenvalue weighted by atomic mass is 35.5. The second-order valence-electron chi connectivity index (χ2n) is 4.99. The molecule has 0 aromatic heterocycles. The number of hydrogen-bond donors (Lipinski definition) is 1. The maximum Gasteiger partial charge on any atom is 0.128 e. The lowest BCUT2D eigenvalue weighted by Gasteiger charge is -2.22. The standard InChI is InChI=1S/C14H21ClFN/c1-9(2)17-8-10(3)11(4)13-6-5-12(15)7-14(13)16/h5-7,9-11,17H,8H2,1-4H3. The third kappa shape index (κ3) is 4.29. The fourth-order valence-corrected chi connectivity index (χ4v) is 1.93. The SMILES string of the molecule is CC(C)NCC(C)C(C)c1ccc(Cl)cc1F. The van der Waals surface area contributed by atoms with Crippen LogP contribution in [0.1, 0.15) is 39.2 Å². The Morgan fingerprint density at radius 1 is 1.24 bits per heavy atom. The number of benzene rings is 1. The first-order valence-electron chi connectivity index (χ1n) is 6.10. The Kier molecular flexibility index (Phi) is 5.41. The van der Waals surface area contributed by atoms with Gasteiger partial charge in [-0.05, 0) is 36.1 Å². The molecule has 17 heavy (non-hydrogen) atoms. The van der Waals surface area contributed by atoms with E-state index in [0.29, 0.717) is 17.0 Å². The number of nitrogens with one attached hydrogen (secondary N) is 1. The average molecular weight is 258 g/mol. The van der Waals surface area contributed by atoms with Gasteiger partial charge in [-0.25, -0.2) is 4.39 Å². The Morgan fingerprint density at radius 2 is 1.88 bits per heavy atom. The molecular weight excluding hydrogens is 237 g/mol. The van der Waals surface area contributed by atoms with Crippen molar-refractivity contribution in [3.8, 4) is 0 Å². The minimum atomic E-state index is -0.207. The number of halogens is 2. The van der Waals surface area contributed by atoms with E-state index < -0.39 is 0 Å². The predicted octanol–water partition coefficient (Wildman–Crippen LogP) is 4.22. The molecule has 0 saturated carbocycles. The molecule has 1 nitrogen and oxygen atoms in total. The molecule has 2 unspecified atom stereocenters. The molecule has 0 radical (unpaired) electrons. The molecule has 1 N–H and O–H groups in total. The van der Waals surface area contributed by atoms with Gasteiger partial charge < -0.3 is 5.32 Å². The van der Waals surface area contributed by atoms with Crippen LogP contribution in [-0.2, 0) is 0 Å². The van der Waals surface area contributed by atoms with E-state index in [1.807, 2.05) is 0 Å². The maximum absolute atomic E-state index is 13.8. The van der Waals surface area contributed by atoms with Gasteiger partial charge in [0.2, 0.25) is 0 Å². The van der Waals surface area contributed by atoms with Crippen LogP contribution in [0, 0.1) is 11.7 Å². The Bertz CT molecular complexity index is 365. The van der Waals surface area contributed by atoms with Gasteiger partial charge in [-0.2, -0.15) is 0 Å². The van der Waals surface area contributed by atoms with Gasteiger partial charge >= 0.3 is 0 Å². The van der Waals surface area contributed by atoms with Crippen molar-refractivity contribution in [1.82, 2.24) is 5.32 Å². The number of rotatable bonds is 5. The van der Waals surface area contributed by atoms with Gasteiger partial charge in [0.05, 0.1) is 0 Å². The lowest BCUT2D eigenvalue weighted by molar-refractivity contribution is 0.416. The molecule has 3 heteroatoms. The number of hydrogen-bond acceptors (Lipinski definition) is 1. The van der Waals surface area contributed by atoms with Crippen molar-refractivity contribution in [3.63, 3.8) is 0 Å². The summed E-state index contributed by atoms with van der Waals surface area (Å²) in [5.41, 5.74) is 0.743. The topological polar surface area (TPSA) is 12.0 Å². The smallest absolute Gasteiger partial charge is 0.128 e. The molecule has 1 aromatic carbocycles. The first kappa shape index (κ1) is 14.5. The molecular formula is C14H21ClFN. The molecule has 1 rings (SSSR count). The van der Waals surface area contributed by atoms with Gasteiger partial charge in [-0.3, -0.25) is 0 Å². The third-order valence-electron chi connectivity index (χ3n) is 3.15.